The highest BCUT2D eigenvalue weighted by atomic mass is 19.1. The second-order valence-corrected chi connectivity index (χ2v) is 4.89. The van der Waals surface area contributed by atoms with Crippen LogP contribution in [0.15, 0.2) is 18.2 Å². The van der Waals surface area contributed by atoms with Crippen molar-refractivity contribution in [2.24, 2.45) is 0 Å². The SMILES string of the molecule is CC(CC(=O)c1ccc(F)cc1F)N1CCNCC1. The number of rotatable bonds is 4. The lowest BCUT2D eigenvalue weighted by molar-refractivity contribution is 0.0914. The Bertz CT molecular complexity index is 459. The lowest BCUT2D eigenvalue weighted by Gasteiger charge is -2.32. The molecule has 5 heteroatoms. The molecule has 1 aliphatic rings. The number of carbonyl (C=O) groups excluding carboxylic acids is 1. The number of halogens is 2. The number of carbonyl (C=O) groups is 1. The molecule has 0 bridgehead atoms. The van der Waals surface area contributed by atoms with Gasteiger partial charge in [0.1, 0.15) is 11.6 Å². The van der Waals surface area contributed by atoms with E-state index in [9.17, 15) is 13.6 Å². The average molecular weight is 268 g/mol. The zero-order chi connectivity index (χ0) is 13.8. The molecule has 1 aliphatic heterocycles. The van der Waals surface area contributed by atoms with Crippen LogP contribution in [0.25, 0.3) is 0 Å². The monoisotopic (exact) mass is 268 g/mol. The molecule has 0 spiro atoms. The molecule has 104 valence electrons. The van der Waals surface area contributed by atoms with E-state index in [-0.39, 0.29) is 23.8 Å². The van der Waals surface area contributed by atoms with Crippen LogP contribution in [0.4, 0.5) is 8.78 Å². The van der Waals surface area contributed by atoms with E-state index < -0.39 is 11.6 Å². The van der Waals surface area contributed by atoms with Crippen LogP contribution >= 0.6 is 0 Å². The number of ketones is 1. The van der Waals surface area contributed by atoms with Crippen LogP contribution in [0.1, 0.15) is 23.7 Å². The number of nitrogens with one attached hydrogen (secondary N) is 1. The number of piperazine rings is 1. The maximum atomic E-state index is 13.5. The van der Waals surface area contributed by atoms with E-state index in [0.29, 0.717) is 0 Å². The first kappa shape index (κ1) is 14.1. The van der Waals surface area contributed by atoms with Crippen LogP contribution in [0.5, 0.6) is 0 Å². The van der Waals surface area contributed by atoms with E-state index >= 15 is 0 Å². The van der Waals surface area contributed by atoms with Crippen LogP contribution in [0.2, 0.25) is 0 Å². The van der Waals surface area contributed by atoms with Crippen LogP contribution in [-0.4, -0.2) is 42.9 Å². The fourth-order valence-electron chi connectivity index (χ4n) is 2.35. The van der Waals surface area contributed by atoms with Gasteiger partial charge in [-0.2, -0.15) is 0 Å². The Morgan fingerprint density at radius 2 is 2.05 bits per heavy atom. The Labute approximate surface area is 111 Å². The molecule has 1 saturated heterocycles. The molecule has 1 atom stereocenters. The van der Waals surface area contributed by atoms with E-state index in [2.05, 4.69) is 10.2 Å². The van der Waals surface area contributed by atoms with Gasteiger partial charge in [0.05, 0.1) is 5.56 Å². The summed E-state index contributed by atoms with van der Waals surface area (Å²) in [5.74, 6) is -1.72. The third-order valence-corrected chi connectivity index (χ3v) is 3.49. The van der Waals surface area contributed by atoms with Gasteiger partial charge in [-0.15, -0.1) is 0 Å². The highest BCUT2D eigenvalue weighted by molar-refractivity contribution is 5.96. The van der Waals surface area contributed by atoms with E-state index in [1.807, 2.05) is 6.92 Å². The smallest absolute Gasteiger partial charge is 0.167 e. The first-order valence-corrected chi connectivity index (χ1v) is 6.51. The van der Waals surface area contributed by atoms with Gasteiger partial charge in [-0.3, -0.25) is 9.69 Å². The number of benzene rings is 1. The highest BCUT2D eigenvalue weighted by Gasteiger charge is 2.21. The molecule has 0 aromatic heterocycles. The number of hydrogen-bond donors (Lipinski definition) is 1. The molecule has 1 fully saturated rings. The molecular formula is C14H18F2N2O. The minimum absolute atomic E-state index is 0.0246. The van der Waals surface area contributed by atoms with Gasteiger partial charge < -0.3 is 5.32 Å². The summed E-state index contributed by atoms with van der Waals surface area (Å²) < 4.78 is 26.3. The van der Waals surface area contributed by atoms with E-state index in [1.54, 1.807) is 0 Å². The third-order valence-electron chi connectivity index (χ3n) is 3.49. The number of hydrogen-bond acceptors (Lipinski definition) is 3. The summed E-state index contributed by atoms with van der Waals surface area (Å²) in [6, 6.07) is 3.16. The second kappa shape index (κ2) is 6.21. The van der Waals surface area contributed by atoms with Gasteiger partial charge in [-0.05, 0) is 19.1 Å². The third kappa shape index (κ3) is 3.58. The van der Waals surface area contributed by atoms with Gasteiger partial charge in [0.2, 0.25) is 0 Å². The second-order valence-electron chi connectivity index (χ2n) is 4.89. The molecule has 1 N–H and O–H groups in total. The Kier molecular flexibility index (Phi) is 4.61. The summed E-state index contributed by atoms with van der Waals surface area (Å²) in [5, 5.41) is 3.24. The highest BCUT2D eigenvalue weighted by Crippen LogP contribution is 2.15. The predicted molar refractivity (Wildman–Crippen MR) is 69.2 cm³/mol. The summed E-state index contributed by atoms with van der Waals surface area (Å²) >= 11 is 0. The Balaban J connectivity index is 1.99. The minimum Gasteiger partial charge on any atom is -0.314 e. The average Bonchev–Trinajstić information content (AvgIpc) is 2.39. The molecule has 19 heavy (non-hydrogen) atoms. The first-order chi connectivity index (χ1) is 9.08. The molecule has 2 rings (SSSR count). The minimum atomic E-state index is -0.780. The zero-order valence-corrected chi connectivity index (χ0v) is 11.0. The van der Waals surface area contributed by atoms with Crippen molar-refractivity contribution in [3.63, 3.8) is 0 Å². The van der Waals surface area contributed by atoms with Crippen molar-refractivity contribution in [1.29, 1.82) is 0 Å². The summed E-state index contributed by atoms with van der Waals surface area (Å²) in [5.41, 5.74) is -0.0246. The topological polar surface area (TPSA) is 32.3 Å². The van der Waals surface area contributed by atoms with Crippen molar-refractivity contribution in [3.05, 3.63) is 35.4 Å². The van der Waals surface area contributed by atoms with Gasteiger partial charge in [-0.1, -0.05) is 0 Å². The van der Waals surface area contributed by atoms with Crippen LogP contribution in [0.3, 0.4) is 0 Å². The van der Waals surface area contributed by atoms with Crippen LogP contribution in [-0.2, 0) is 0 Å². The molecule has 0 amide bonds. The lowest BCUT2D eigenvalue weighted by Crippen LogP contribution is -2.48. The van der Waals surface area contributed by atoms with Gasteiger partial charge in [-0.25, -0.2) is 8.78 Å². The first-order valence-electron chi connectivity index (χ1n) is 6.51. The molecule has 0 radical (unpaired) electrons. The van der Waals surface area contributed by atoms with Crippen molar-refractivity contribution >= 4 is 5.78 Å². The number of Topliss-reactive ketones (excluding diaryl/α,β-unsaturated/α-hetero) is 1. The molecule has 1 aromatic rings. The number of nitrogens with zero attached hydrogens (tertiary/aromatic N) is 1. The van der Waals surface area contributed by atoms with Gasteiger partial charge in [0.25, 0.3) is 0 Å². The van der Waals surface area contributed by atoms with Crippen LogP contribution in [0, 0.1) is 11.6 Å². The normalized spacial score (nSPS) is 18.3. The van der Waals surface area contributed by atoms with Gasteiger partial charge in [0, 0.05) is 44.7 Å². The van der Waals surface area contributed by atoms with Crippen molar-refractivity contribution in [2.75, 3.05) is 26.2 Å². The summed E-state index contributed by atoms with van der Waals surface area (Å²) in [6.45, 7) is 5.55. The van der Waals surface area contributed by atoms with Gasteiger partial charge in [0.15, 0.2) is 5.78 Å². The van der Waals surface area contributed by atoms with E-state index in [4.69, 9.17) is 0 Å². The maximum Gasteiger partial charge on any atom is 0.167 e. The standard InChI is InChI=1S/C14H18F2N2O/c1-10(18-6-4-17-5-7-18)8-14(19)12-3-2-11(15)9-13(12)16/h2-3,9-10,17H,4-8H2,1H3. The van der Waals surface area contributed by atoms with E-state index in [0.717, 1.165) is 38.3 Å². The lowest BCUT2D eigenvalue weighted by atomic mass is 10.0. The van der Waals surface area contributed by atoms with Crippen molar-refractivity contribution in [3.8, 4) is 0 Å². The fourth-order valence-corrected chi connectivity index (χ4v) is 2.35. The van der Waals surface area contributed by atoms with Gasteiger partial charge >= 0.3 is 0 Å². The Hall–Kier alpha value is -1.33. The fraction of sp³-hybridized carbons (Fsp3) is 0.500. The van der Waals surface area contributed by atoms with Crippen molar-refractivity contribution in [2.45, 2.75) is 19.4 Å². The van der Waals surface area contributed by atoms with Crippen molar-refractivity contribution < 1.29 is 13.6 Å². The molecular weight excluding hydrogens is 250 g/mol. The molecule has 1 aromatic carbocycles. The van der Waals surface area contributed by atoms with Crippen LogP contribution < -0.4 is 5.32 Å². The molecule has 1 unspecified atom stereocenters. The zero-order valence-electron chi connectivity index (χ0n) is 11.0. The summed E-state index contributed by atoms with van der Waals surface area (Å²) in [7, 11) is 0. The largest absolute Gasteiger partial charge is 0.314 e. The molecule has 3 nitrogen and oxygen atoms in total. The predicted octanol–water partition coefficient (Wildman–Crippen LogP) is 1.83. The maximum absolute atomic E-state index is 13.5. The molecule has 1 heterocycles. The molecule has 0 aliphatic carbocycles. The summed E-state index contributed by atoms with van der Waals surface area (Å²) in [4.78, 5) is 14.2. The van der Waals surface area contributed by atoms with E-state index in [1.165, 1.54) is 6.07 Å². The van der Waals surface area contributed by atoms with Crippen molar-refractivity contribution in [1.82, 2.24) is 10.2 Å². The summed E-state index contributed by atoms with van der Waals surface area (Å²) in [6.07, 6.45) is 0.253. The quantitative estimate of drug-likeness (QED) is 0.846. The molecule has 0 saturated carbocycles. The Morgan fingerprint density at radius 1 is 1.37 bits per heavy atom. The Morgan fingerprint density at radius 3 is 2.68 bits per heavy atom.